The highest BCUT2D eigenvalue weighted by molar-refractivity contribution is 9.10. The molecule has 0 amide bonds. The van der Waals surface area contributed by atoms with Crippen molar-refractivity contribution in [2.24, 2.45) is 0 Å². The molecular formula is C14H16BrN3O. The molecule has 0 aliphatic carbocycles. The zero-order valence-corrected chi connectivity index (χ0v) is 12.6. The van der Waals surface area contributed by atoms with E-state index in [2.05, 4.69) is 47.0 Å². The fourth-order valence-corrected chi connectivity index (χ4v) is 3.46. The van der Waals surface area contributed by atoms with Crippen LogP contribution < -0.4 is 5.73 Å². The molecule has 2 aromatic rings. The smallest absolute Gasteiger partial charge is 0.151 e. The maximum absolute atomic E-state index is 6.00. The molecule has 0 saturated carbocycles. The van der Waals surface area contributed by atoms with Crippen molar-refractivity contribution in [2.75, 3.05) is 12.3 Å². The monoisotopic (exact) mass is 321 g/mol. The number of hydrogen-bond acceptors (Lipinski definition) is 3. The molecule has 0 radical (unpaired) electrons. The van der Waals surface area contributed by atoms with Gasteiger partial charge in [0.05, 0.1) is 24.6 Å². The Morgan fingerprint density at radius 2 is 2.16 bits per heavy atom. The van der Waals surface area contributed by atoms with E-state index in [9.17, 15) is 0 Å². The molecule has 1 aromatic carbocycles. The summed E-state index contributed by atoms with van der Waals surface area (Å²) in [5.41, 5.74) is 11.7. The average molecular weight is 322 g/mol. The Hall–Kier alpha value is -1.33. The second-order valence-corrected chi connectivity index (χ2v) is 5.79. The topological polar surface area (TPSA) is 53.1 Å². The minimum Gasteiger partial charge on any atom is -0.382 e. The summed E-state index contributed by atoms with van der Waals surface area (Å²) in [6.45, 7) is 5.46. The normalized spacial score (nSPS) is 14.5. The van der Waals surface area contributed by atoms with Crippen molar-refractivity contribution in [1.29, 1.82) is 0 Å². The van der Waals surface area contributed by atoms with Gasteiger partial charge in [0.25, 0.3) is 0 Å². The highest BCUT2D eigenvalue weighted by atomic mass is 79.9. The Labute approximate surface area is 120 Å². The Kier molecular flexibility index (Phi) is 3.11. The molecule has 0 spiro atoms. The number of nitrogens with two attached hydrogens (primary N) is 1. The summed E-state index contributed by atoms with van der Waals surface area (Å²) in [7, 11) is 0. The van der Waals surface area contributed by atoms with E-state index in [-0.39, 0.29) is 0 Å². The van der Waals surface area contributed by atoms with E-state index in [4.69, 9.17) is 10.5 Å². The quantitative estimate of drug-likeness (QED) is 0.878. The van der Waals surface area contributed by atoms with Gasteiger partial charge in [-0.15, -0.1) is 5.10 Å². The minimum atomic E-state index is 0.559. The second kappa shape index (κ2) is 4.65. The summed E-state index contributed by atoms with van der Waals surface area (Å²) in [6, 6.07) is 4.26. The van der Waals surface area contributed by atoms with Crippen LogP contribution in [0.15, 0.2) is 16.6 Å². The third kappa shape index (κ3) is 2.07. The SMILES string of the molecule is Cc1cc(C)c(-n2nc(N)c3c2CCOC3)c(Br)c1. The van der Waals surface area contributed by atoms with Gasteiger partial charge >= 0.3 is 0 Å². The van der Waals surface area contributed by atoms with Gasteiger partial charge in [0.15, 0.2) is 5.82 Å². The number of anilines is 1. The molecule has 1 aliphatic heterocycles. The first kappa shape index (κ1) is 12.7. The van der Waals surface area contributed by atoms with E-state index in [1.807, 2.05) is 4.68 Å². The molecule has 2 N–H and O–H groups in total. The van der Waals surface area contributed by atoms with Crippen LogP contribution in [0, 0.1) is 13.8 Å². The van der Waals surface area contributed by atoms with Crippen molar-refractivity contribution < 1.29 is 4.74 Å². The lowest BCUT2D eigenvalue weighted by Gasteiger charge is -2.17. The molecule has 1 aliphatic rings. The lowest BCUT2D eigenvalue weighted by Crippen LogP contribution is -2.14. The molecule has 0 unspecified atom stereocenters. The first-order valence-electron chi connectivity index (χ1n) is 6.29. The van der Waals surface area contributed by atoms with Crippen LogP contribution in [0.5, 0.6) is 0 Å². The molecule has 0 saturated heterocycles. The molecular weight excluding hydrogens is 306 g/mol. The fourth-order valence-electron chi connectivity index (χ4n) is 2.62. The third-order valence-electron chi connectivity index (χ3n) is 3.46. The predicted molar refractivity (Wildman–Crippen MR) is 78.5 cm³/mol. The van der Waals surface area contributed by atoms with Gasteiger partial charge in [0, 0.05) is 16.5 Å². The summed E-state index contributed by atoms with van der Waals surface area (Å²) in [5.74, 6) is 0.571. The van der Waals surface area contributed by atoms with Gasteiger partial charge in [-0.05, 0) is 47.0 Å². The van der Waals surface area contributed by atoms with E-state index in [0.717, 1.165) is 34.4 Å². The zero-order chi connectivity index (χ0) is 13.6. The fraction of sp³-hybridized carbons (Fsp3) is 0.357. The largest absolute Gasteiger partial charge is 0.382 e. The van der Waals surface area contributed by atoms with E-state index >= 15 is 0 Å². The molecule has 3 rings (SSSR count). The Morgan fingerprint density at radius 1 is 1.37 bits per heavy atom. The standard InChI is InChI=1S/C14H16BrN3O/c1-8-5-9(2)13(11(15)6-8)18-12-3-4-19-7-10(12)14(16)17-18/h5-6H,3-4,7H2,1-2H3,(H2,16,17). The first-order chi connectivity index (χ1) is 9.08. The van der Waals surface area contributed by atoms with E-state index < -0.39 is 0 Å². The van der Waals surface area contributed by atoms with Gasteiger partial charge < -0.3 is 10.5 Å². The van der Waals surface area contributed by atoms with Crippen LogP contribution in [0.3, 0.4) is 0 Å². The van der Waals surface area contributed by atoms with Gasteiger partial charge in [-0.3, -0.25) is 0 Å². The van der Waals surface area contributed by atoms with Crippen LogP contribution in [0.2, 0.25) is 0 Å². The maximum atomic E-state index is 6.00. The Balaban J connectivity index is 2.23. The van der Waals surface area contributed by atoms with Crippen molar-refractivity contribution in [1.82, 2.24) is 9.78 Å². The predicted octanol–water partition coefficient (Wildman–Crippen LogP) is 2.91. The third-order valence-corrected chi connectivity index (χ3v) is 4.07. The molecule has 4 nitrogen and oxygen atoms in total. The summed E-state index contributed by atoms with van der Waals surface area (Å²) in [4.78, 5) is 0. The number of halogens is 1. The van der Waals surface area contributed by atoms with Gasteiger partial charge in [0.1, 0.15) is 0 Å². The van der Waals surface area contributed by atoms with Crippen LogP contribution in [0.25, 0.3) is 5.69 Å². The van der Waals surface area contributed by atoms with Crippen molar-refractivity contribution in [3.63, 3.8) is 0 Å². The maximum Gasteiger partial charge on any atom is 0.151 e. The molecule has 5 heteroatoms. The minimum absolute atomic E-state index is 0.559. The van der Waals surface area contributed by atoms with Crippen LogP contribution in [0.1, 0.15) is 22.4 Å². The van der Waals surface area contributed by atoms with Gasteiger partial charge in [-0.1, -0.05) is 6.07 Å². The van der Waals surface area contributed by atoms with Crippen molar-refractivity contribution in [3.05, 3.63) is 39.0 Å². The number of aromatic nitrogens is 2. The van der Waals surface area contributed by atoms with E-state index in [1.165, 1.54) is 11.1 Å². The summed E-state index contributed by atoms with van der Waals surface area (Å²) < 4.78 is 8.47. The first-order valence-corrected chi connectivity index (χ1v) is 7.08. The van der Waals surface area contributed by atoms with Crippen LogP contribution in [-0.4, -0.2) is 16.4 Å². The van der Waals surface area contributed by atoms with Crippen LogP contribution >= 0.6 is 15.9 Å². The van der Waals surface area contributed by atoms with Crippen LogP contribution in [-0.2, 0) is 17.8 Å². The Morgan fingerprint density at radius 3 is 2.89 bits per heavy atom. The number of benzene rings is 1. The molecule has 0 bridgehead atoms. The van der Waals surface area contributed by atoms with Crippen molar-refractivity contribution >= 4 is 21.7 Å². The van der Waals surface area contributed by atoms with Crippen LogP contribution in [0.4, 0.5) is 5.82 Å². The average Bonchev–Trinajstić information content (AvgIpc) is 2.67. The summed E-state index contributed by atoms with van der Waals surface area (Å²) in [6.07, 6.45) is 0.847. The highest BCUT2D eigenvalue weighted by Crippen LogP contribution is 2.31. The second-order valence-electron chi connectivity index (χ2n) is 4.94. The number of nitrogen functional groups attached to an aromatic ring is 1. The zero-order valence-electron chi connectivity index (χ0n) is 11.0. The molecule has 100 valence electrons. The lowest BCUT2D eigenvalue weighted by atomic mass is 10.1. The molecule has 0 atom stereocenters. The van der Waals surface area contributed by atoms with Gasteiger partial charge in [0.2, 0.25) is 0 Å². The summed E-state index contributed by atoms with van der Waals surface area (Å²) >= 11 is 3.64. The number of aryl methyl sites for hydroxylation is 2. The van der Waals surface area contributed by atoms with Crippen molar-refractivity contribution in [3.8, 4) is 5.69 Å². The highest BCUT2D eigenvalue weighted by Gasteiger charge is 2.22. The number of ether oxygens (including phenoxy) is 1. The van der Waals surface area contributed by atoms with Gasteiger partial charge in [-0.25, -0.2) is 4.68 Å². The number of hydrogen-bond donors (Lipinski definition) is 1. The van der Waals surface area contributed by atoms with Crippen molar-refractivity contribution in [2.45, 2.75) is 26.9 Å². The van der Waals surface area contributed by atoms with Gasteiger partial charge in [-0.2, -0.15) is 0 Å². The lowest BCUT2D eigenvalue weighted by molar-refractivity contribution is 0.110. The Bertz CT molecular complexity index is 625. The van der Waals surface area contributed by atoms with E-state index in [1.54, 1.807) is 0 Å². The molecule has 2 heterocycles. The molecule has 19 heavy (non-hydrogen) atoms. The number of rotatable bonds is 1. The number of nitrogens with zero attached hydrogens (tertiary/aromatic N) is 2. The number of fused-ring (bicyclic) bond motifs is 1. The molecule has 0 fully saturated rings. The van der Waals surface area contributed by atoms with E-state index in [0.29, 0.717) is 12.4 Å². The molecule has 1 aromatic heterocycles. The summed E-state index contributed by atoms with van der Waals surface area (Å²) in [5, 5.41) is 4.50.